The second-order valence-electron chi connectivity index (χ2n) is 4.68. The lowest BCUT2D eigenvalue weighted by molar-refractivity contribution is -0.130. The van der Waals surface area contributed by atoms with Gasteiger partial charge in [-0.25, -0.2) is 4.79 Å². The van der Waals surface area contributed by atoms with Gasteiger partial charge >= 0.3 is 11.9 Å². The second-order valence-corrected chi connectivity index (χ2v) is 4.68. The first-order valence-electron chi connectivity index (χ1n) is 6.19. The Morgan fingerprint density at radius 2 is 1.90 bits per heavy atom. The maximum atomic E-state index is 12.7. The Balaban J connectivity index is 2.39. The molecule has 0 bridgehead atoms. The van der Waals surface area contributed by atoms with E-state index < -0.39 is 18.3 Å². The molecule has 0 saturated heterocycles. The lowest BCUT2D eigenvalue weighted by Gasteiger charge is -2.18. The highest BCUT2D eigenvalue weighted by atomic mass is 19.3. The second kappa shape index (κ2) is 7.09. The molecule has 1 rings (SSSR count). The van der Waals surface area contributed by atoms with Crippen molar-refractivity contribution in [3.8, 4) is 0 Å². The summed E-state index contributed by atoms with van der Waals surface area (Å²) in [6.07, 6.45) is -0.195. The van der Waals surface area contributed by atoms with Crippen LogP contribution in [0.15, 0.2) is 24.3 Å². The standard InChI is InChI=1S/C14H17F2NO3/c1-17(9-7-14(15,16)10-18)8-6-11-2-4-12(5-3-11)13(19)20/h2-5,10H,6-9H2,1H3,(H,19,20). The van der Waals surface area contributed by atoms with Gasteiger partial charge in [-0.05, 0) is 31.2 Å². The van der Waals surface area contributed by atoms with Gasteiger partial charge in [0.1, 0.15) is 0 Å². The lowest BCUT2D eigenvalue weighted by atomic mass is 10.1. The Labute approximate surface area is 116 Å². The summed E-state index contributed by atoms with van der Waals surface area (Å²) in [5.74, 6) is -4.25. The monoisotopic (exact) mass is 285 g/mol. The molecular weight excluding hydrogens is 268 g/mol. The molecule has 4 nitrogen and oxygen atoms in total. The fourth-order valence-corrected chi connectivity index (χ4v) is 1.64. The van der Waals surface area contributed by atoms with Gasteiger partial charge in [-0.2, -0.15) is 8.78 Å². The Morgan fingerprint density at radius 3 is 2.40 bits per heavy atom. The van der Waals surface area contributed by atoms with E-state index in [1.165, 1.54) is 12.1 Å². The molecule has 0 aliphatic rings. The number of carboxylic acids is 1. The van der Waals surface area contributed by atoms with Crippen LogP contribution in [0.2, 0.25) is 0 Å². The van der Waals surface area contributed by atoms with Gasteiger partial charge in [-0.15, -0.1) is 0 Å². The third-order valence-corrected chi connectivity index (χ3v) is 2.98. The fourth-order valence-electron chi connectivity index (χ4n) is 1.64. The Hall–Kier alpha value is -1.82. The zero-order chi connectivity index (χ0) is 15.2. The van der Waals surface area contributed by atoms with Gasteiger partial charge < -0.3 is 10.0 Å². The molecule has 0 unspecified atom stereocenters. The summed E-state index contributed by atoms with van der Waals surface area (Å²) < 4.78 is 25.5. The number of carboxylic acid groups (broad SMARTS) is 1. The zero-order valence-electron chi connectivity index (χ0n) is 11.2. The quantitative estimate of drug-likeness (QED) is 0.743. The maximum Gasteiger partial charge on any atom is 0.335 e. The van der Waals surface area contributed by atoms with Gasteiger partial charge in [0.15, 0.2) is 6.29 Å². The van der Waals surface area contributed by atoms with Crippen LogP contribution in [0.1, 0.15) is 22.3 Å². The van der Waals surface area contributed by atoms with E-state index in [9.17, 15) is 18.4 Å². The number of carbonyl (C=O) groups excluding carboxylic acids is 1. The van der Waals surface area contributed by atoms with Gasteiger partial charge in [-0.1, -0.05) is 12.1 Å². The lowest BCUT2D eigenvalue weighted by Crippen LogP contribution is -2.29. The van der Waals surface area contributed by atoms with Crippen molar-refractivity contribution in [3.05, 3.63) is 35.4 Å². The van der Waals surface area contributed by atoms with E-state index in [1.807, 2.05) is 0 Å². The normalized spacial score (nSPS) is 11.6. The highest BCUT2D eigenvalue weighted by molar-refractivity contribution is 5.87. The molecular formula is C14H17F2NO3. The topological polar surface area (TPSA) is 57.6 Å². The molecule has 0 atom stereocenters. The summed E-state index contributed by atoms with van der Waals surface area (Å²) in [4.78, 5) is 22.5. The minimum Gasteiger partial charge on any atom is -0.478 e. The Bertz CT molecular complexity index is 460. The van der Waals surface area contributed by atoms with Gasteiger partial charge in [0, 0.05) is 19.5 Å². The van der Waals surface area contributed by atoms with E-state index in [0.717, 1.165) is 5.56 Å². The van der Waals surface area contributed by atoms with Crippen LogP contribution in [0, 0.1) is 0 Å². The first-order valence-corrected chi connectivity index (χ1v) is 6.19. The first kappa shape index (κ1) is 16.2. The highest BCUT2D eigenvalue weighted by Crippen LogP contribution is 2.15. The van der Waals surface area contributed by atoms with Gasteiger partial charge in [0.25, 0.3) is 0 Å². The fraction of sp³-hybridized carbons (Fsp3) is 0.429. The van der Waals surface area contributed by atoms with Crippen molar-refractivity contribution in [1.29, 1.82) is 0 Å². The molecule has 0 aliphatic heterocycles. The number of alkyl halides is 2. The van der Waals surface area contributed by atoms with Crippen LogP contribution in [-0.2, 0) is 11.2 Å². The molecule has 0 radical (unpaired) electrons. The number of aldehydes is 1. The van der Waals surface area contributed by atoms with E-state index in [2.05, 4.69) is 0 Å². The molecule has 0 amide bonds. The van der Waals surface area contributed by atoms with Crippen LogP contribution >= 0.6 is 0 Å². The van der Waals surface area contributed by atoms with Crippen LogP contribution in [0.5, 0.6) is 0 Å². The van der Waals surface area contributed by atoms with Crippen LogP contribution in [-0.4, -0.2) is 48.3 Å². The summed E-state index contributed by atoms with van der Waals surface area (Å²) in [5, 5.41) is 8.76. The third kappa shape index (κ3) is 5.44. The number of benzene rings is 1. The molecule has 0 heterocycles. The molecule has 0 fully saturated rings. The molecule has 1 aromatic carbocycles. The van der Waals surface area contributed by atoms with Crippen molar-refractivity contribution in [1.82, 2.24) is 4.90 Å². The highest BCUT2D eigenvalue weighted by Gasteiger charge is 2.27. The van der Waals surface area contributed by atoms with E-state index in [-0.39, 0.29) is 18.4 Å². The number of carbonyl (C=O) groups is 2. The van der Waals surface area contributed by atoms with Crippen LogP contribution in [0.25, 0.3) is 0 Å². The SMILES string of the molecule is CN(CCc1ccc(C(=O)O)cc1)CCC(F)(F)C=O. The van der Waals surface area contributed by atoms with Crippen molar-refractivity contribution >= 4 is 12.3 Å². The number of nitrogens with zero attached hydrogens (tertiary/aromatic N) is 1. The molecule has 6 heteroatoms. The average molecular weight is 285 g/mol. The summed E-state index contributed by atoms with van der Waals surface area (Å²) in [7, 11) is 1.70. The summed E-state index contributed by atoms with van der Waals surface area (Å²) in [5.41, 5.74) is 1.15. The van der Waals surface area contributed by atoms with Crippen molar-refractivity contribution < 1.29 is 23.5 Å². The van der Waals surface area contributed by atoms with E-state index in [0.29, 0.717) is 13.0 Å². The van der Waals surface area contributed by atoms with Crippen LogP contribution in [0.4, 0.5) is 8.78 Å². The molecule has 0 saturated carbocycles. The van der Waals surface area contributed by atoms with Gasteiger partial charge in [0.2, 0.25) is 0 Å². The molecule has 0 aliphatic carbocycles. The molecule has 0 spiro atoms. The number of halogens is 2. The predicted molar refractivity (Wildman–Crippen MR) is 70.2 cm³/mol. The number of aromatic carboxylic acids is 1. The van der Waals surface area contributed by atoms with Crippen molar-refractivity contribution in [3.63, 3.8) is 0 Å². The van der Waals surface area contributed by atoms with E-state index in [1.54, 1.807) is 24.1 Å². The van der Waals surface area contributed by atoms with E-state index in [4.69, 9.17) is 5.11 Å². The first-order chi connectivity index (χ1) is 9.34. The van der Waals surface area contributed by atoms with Gasteiger partial charge in [-0.3, -0.25) is 4.79 Å². The minimum absolute atomic E-state index is 0.124. The number of hydrogen-bond acceptors (Lipinski definition) is 3. The van der Waals surface area contributed by atoms with Crippen LogP contribution in [0.3, 0.4) is 0 Å². The number of rotatable bonds is 8. The molecule has 110 valence electrons. The van der Waals surface area contributed by atoms with Gasteiger partial charge in [0.05, 0.1) is 5.56 Å². The zero-order valence-corrected chi connectivity index (χ0v) is 11.2. The van der Waals surface area contributed by atoms with Crippen LogP contribution < -0.4 is 0 Å². The molecule has 1 aromatic rings. The number of hydrogen-bond donors (Lipinski definition) is 1. The Kier molecular flexibility index (Phi) is 5.76. The number of likely N-dealkylation sites (N-methyl/N-ethyl adjacent to an activating group) is 1. The van der Waals surface area contributed by atoms with Crippen molar-refractivity contribution in [2.24, 2.45) is 0 Å². The largest absolute Gasteiger partial charge is 0.478 e. The summed E-state index contributed by atoms with van der Waals surface area (Å²) in [6.45, 7) is 0.681. The molecule has 0 aromatic heterocycles. The maximum absolute atomic E-state index is 12.7. The summed E-state index contributed by atoms with van der Waals surface area (Å²) >= 11 is 0. The summed E-state index contributed by atoms with van der Waals surface area (Å²) in [6, 6.07) is 6.44. The molecule has 20 heavy (non-hydrogen) atoms. The smallest absolute Gasteiger partial charge is 0.335 e. The predicted octanol–water partition coefficient (Wildman–Crippen LogP) is 2.08. The molecule has 1 N–H and O–H groups in total. The van der Waals surface area contributed by atoms with Crippen molar-refractivity contribution in [2.45, 2.75) is 18.8 Å². The Morgan fingerprint density at radius 1 is 1.30 bits per heavy atom. The minimum atomic E-state index is -3.27. The third-order valence-electron chi connectivity index (χ3n) is 2.98. The van der Waals surface area contributed by atoms with E-state index >= 15 is 0 Å². The average Bonchev–Trinajstić information content (AvgIpc) is 2.43. The van der Waals surface area contributed by atoms with Crippen molar-refractivity contribution in [2.75, 3.05) is 20.1 Å².